The van der Waals surface area contributed by atoms with E-state index < -0.39 is 0 Å². The molecule has 1 saturated heterocycles. The van der Waals surface area contributed by atoms with Gasteiger partial charge in [-0.15, -0.1) is 0 Å². The molecule has 3 rings (SSSR count). The average Bonchev–Trinajstić information content (AvgIpc) is 2.72. The zero-order valence-electron chi connectivity index (χ0n) is 17.9. The molecule has 1 aromatic rings. The first kappa shape index (κ1) is 22.9. The van der Waals surface area contributed by atoms with Gasteiger partial charge < -0.3 is 15.1 Å². The molecule has 0 spiro atoms. The highest BCUT2D eigenvalue weighted by molar-refractivity contribution is 6.43. The van der Waals surface area contributed by atoms with Crippen molar-refractivity contribution in [2.75, 3.05) is 27.2 Å². The van der Waals surface area contributed by atoms with Gasteiger partial charge in [0.25, 0.3) is 0 Å². The molecule has 1 aromatic carbocycles. The molecule has 0 bridgehead atoms. The number of piperidine rings is 1. The van der Waals surface area contributed by atoms with Crippen molar-refractivity contribution in [3.8, 4) is 0 Å². The highest BCUT2D eigenvalue weighted by atomic mass is 35.5. The van der Waals surface area contributed by atoms with Crippen molar-refractivity contribution in [2.45, 2.75) is 44.8 Å². The maximum atomic E-state index is 12.8. The van der Waals surface area contributed by atoms with E-state index in [0.717, 1.165) is 47.7 Å². The van der Waals surface area contributed by atoms with Crippen molar-refractivity contribution in [3.63, 3.8) is 0 Å². The Morgan fingerprint density at radius 2 is 1.93 bits per heavy atom. The largest absolute Gasteiger partial charge is 0.331 e. The molecule has 2 heterocycles. The summed E-state index contributed by atoms with van der Waals surface area (Å²) in [6, 6.07) is 3.47. The second-order valence-corrected chi connectivity index (χ2v) is 8.97. The number of hydroxylamine groups is 2. The van der Waals surface area contributed by atoms with Crippen LogP contribution in [0.1, 0.15) is 43.9 Å². The van der Waals surface area contributed by atoms with Gasteiger partial charge >= 0.3 is 6.03 Å². The maximum absolute atomic E-state index is 12.8. The molecule has 2 amide bonds. The van der Waals surface area contributed by atoms with Gasteiger partial charge in [-0.2, -0.15) is 0 Å². The SMILES string of the molecule is CC(NC(=O)N(C)C1CCN(C)CC1)c1ccc(C2=CN(O)C(C)C=C2)c(Cl)c1Cl. The molecule has 2 aliphatic heterocycles. The summed E-state index contributed by atoms with van der Waals surface area (Å²) in [7, 11) is 3.95. The number of hydrogen-bond donors (Lipinski definition) is 2. The van der Waals surface area contributed by atoms with Crippen LogP contribution in [0.3, 0.4) is 0 Å². The zero-order valence-corrected chi connectivity index (χ0v) is 19.4. The third-order valence-electron chi connectivity index (χ3n) is 6.03. The number of carbonyl (C=O) groups excluding carboxylic acids is 1. The molecule has 6 nitrogen and oxygen atoms in total. The van der Waals surface area contributed by atoms with E-state index in [4.69, 9.17) is 23.2 Å². The van der Waals surface area contributed by atoms with Crippen molar-refractivity contribution in [1.29, 1.82) is 0 Å². The lowest BCUT2D eigenvalue weighted by Crippen LogP contribution is -2.48. The molecule has 2 atom stereocenters. The summed E-state index contributed by atoms with van der Waals surface area (Å²) in [6.45, 7) is 5.77. The van der Waals surface area contributed by atoms with E-state index in [1.54, 1.807) is 11.1 Å². The minimum Gasteiger partial charge on any atom is -0.331 e. The predicted molar refractivity (Wildman–Crippen MR) is 122 cm³/mol. The van der Waals surface area contributed by atoms with E-state index in [1.807, 2.05) is 45.2 Å². The zero-order chi connectivity index (χ0) is 22.0. The first-order valence-corrected chi connectivity index (χ1v) is 11.0. The molecular weight excluding hydrogens is 423 g/mol. The van der Waals surface area contributed by atoms with E-state index in [1.165, 1.54) is 0 Å². The minimum absolute atomic E-state index is 0.0981. The number of rotatable bonds is 4. The van der Waals surface area contributed by atoms with Crippen LogP contribution in [0.2, 0.25) is 10.0 Å². The summed E-state index contributed by atoms with van der Waals surface area (Å²) in [4.78, 5) is 16.8. The number of halogens is 2. The number of carbonyl (C=O) groups is 1. The lowest BCUT2D eigenvalue weighted by Gasteiger charge is -2.35. The molecular formula is C22H30Cl2N4O2. The molecule has 0 radical (unpaired) electrons. The summed E-state index contributed by atoms with van der Waals surface area (Å²) in [5.41, 5.74) is 2.26. The van der Waals surface area contributed by atoms with Crippen molar-refractivity contribution < 1.29 is 10.0 Å². The van der Waals surface area contributed by atoms with E-state index in [0.29, 0.717) is 10.0 Å². The molecule has 2 unspecified atom stereocenters. The summed E-state index contributed by atoms with van der Waals surface area (Å²) in [5.74, 6) is 0. The van der Waals surface area contributed by atoms with Crippen LogP contribution in [0.5, 0.6) is 0 Å². The van der Waals surface area contributed by atoms with Crippen LogP contribution < -0.4 is 5.32 Å². The first-order chi connectivity index (χ1) is 14.2. The van der Waals surface area contributed by atoms with E-state index in [9.17, 15) is 10.0 Å². The lowest BCUT2D eigenvalue weighted by atomic mass is 9.99. The highest BCUT2D eigenvalue weighted by Crippen LogP contribution is 2.37. The quantitative estimate of drug-likeness (QED) is 0.689. The second kappa shape index (κ2) is 9.60. The van der Waals surface area contributed by atoms with Gasteiger partial charge in [-0.1, -0.05) is 47.5 Å². The fourth-order valence-corrected chi connectivity index (χ4v) is 4.44. The fraction of sp³-hybridized carbons (Fsp3) is 0.500. The molecule has 0 aromatic heterocycles. The van der Waals surface area contributed by atoms with Crippen molar-refractivity contribution >= 4 is 34.8 Å². The minimum atomic E-state index is -0.296. The monoisotopic (exact) mass is 452 g/mol. The van der Waals surface area contributed by atoms with E-state index in [2.05, 4.69) is 17.3 Å². The van der Waals surface area contributed by atoms with Crippen molar-refractivity contribution in [2.24, 2.45) is 0 Å². The highest BCUT2D eigenvalue weighted by Gasteiger charge is 2.26. The Hall–Kier alpha value is -1.73. The van der Waals surface area contributed by atoms with Crippen molar-refractivity contribution in [3.05, 3.63) is 51.7 Å². The summed E-state index contributed by atoms with van der Waals surface area (Å²) in [6.07, 6.45) is 7.37. The molecule has 0 saturated carbocycles. The number of amides is 2. The predicted octanol–water partition coefficient (Wildman–Crippen LogP) is 4.78. The van der Waals surface area contributed by atoms with Gasteiger partial charge in [0.1, 0.15) is 0 Å². The molecule has 164 valence electrons. The first-order valence-electron chi connectivity index (χ1n) is 10.3. The van der Waals surface area contributed by atoms with Crippen LogP contribution in [0.4, 0.5) is 4.79 Å². The number of nitrogens with zero attached hydrogens (tertiary/aromatic N) is 3. The van der Waals surface area contributed by atoms with E-state index in [-0.39, 0.29) is 24.2 Å². The van der Waals surface area contributed by atoms with Crippen molar-refractivity contribution in [1.82, 2.24) is 20.2 Å². The molecule has 1 fully saturated rings. The Balaban J connectivity index is 1.71. The molecule has 2 N–H and O–H groups in total. The van der Waals surface area contributed by atoms with Gasteiger partial charge in [0, 0.05) is 30.4 Å². The Morgan fingerprint density at radius 3 is 2.57 bits per heavy atom. The average molecular weight is 453 g/mol. The standard InChI is InChI=1S/C22H30Cl2N4O2/c1-14-5-6-16(13-28(14)30)19-8-7-18(20(23)21(19)24)15(2)25-22(29)27(4)17-9-11-26(3)12-10-17/h5-8,13-15,17,30H,9-12H2,1-4H3,(H,25,29). The number of likely N-dealkylation sites (tertiary alicyclic amines) is 1. The Kier molecular flexibility index (Phi) is 7.34. The Labute approximate surface area is 188 Å². The number of benzene rings is 1. The van der Waals surface area contributed by atoms with Gasteiger partial charge in [0.2, 0.25) is 0 Å². The molecule has 2 aliphatic rings. The van der Waals surface area contributed by atoms with Crippen LogP contribution in [-0.4, -0.2) is 65.4 Å². The lowest BCUT2D eigenvalue weighted by molar-refractivity contribution is -0.0595. The van der Waals surface area contributed by atoms with Crippen LogP contribution in [0, 0.1) is 0 Å². The Morgan fingerprint density at radius 1 is 1.27 bits per heavy atom. The summed E-state index contributed by atoms with van der Waals surface area (Å²) >= 11 is 13.1. The Bertz CT molecular complexity index is 850. The third kappa shape index (κ3) is 4.94. The van der Waals surface area contributed by atoms with Crippen LogP contribution in [-0.2, 0) is 0 Å². The number of hydrogen-bond acceptors (Lipinski definition) is 4. The normalized spacial score (nSPS) is 21.4. The smallest absolute Gasteiger partial charge is 0.317 e. The number of nitrogens with one attached hydrogen (secondary N) is 1. The topological polar surface area (TPSA) is 59.1 Å². The fourth-order valence-electron chi connectivity index (χ4n) is 3.83. The second-order valence-electron chi connectivity index (χ2n) is 8.21. The number of urea groups is 1. The van der Waals surface area contributed by atoms with Gasteiger partial charge in [-0.25, -0.2) is 4.79 Å². The molecule has 30 heavy (non-hydrogen) atoms. The maximum Gasteiger partial charge on any atom is 0.317 e. The van der Waals surface area contributed by atoms with Crippen LogP contribution in [0.15, 0.2) is 30.5 Å². The van der Waals surface area contributed by atoms with Crippen LogP contribution >= 0.6 is 23.2 Å². The molecule has 8 heteroatoms. The summed E-state index contributed by atoms with van der Waals surface area (Å²) in [5, 5.41) is 14.9. The molecule has 0 aliphatic carbocycles. The van der Waals surface area contributed by atoms with Gasteiger partial charge in [0.15, 0.2) is 0 Å². The number of allylic oxidation sites excluding steroid dienone is 2. The van der Waals surface area contributed by atoms with Crippen LogP contribution in [0.25, 0.3) is 5.57 Å². The van der Waals surface area contributed by atoms with Gasteiger partial charge in [-0.3, -0.25) is 10.3 Å². The van der Waals surface area contributed by atoms with Gasteiger partial charge in [0.05, 0.1) is 22.1 Å². The van der Waals surface area contributed by atoms with Gasteiger partial charge in [-0.05, 0) is 52.4 Å². The third-order valence-corrected chi connectivity index (χ3v) is 6.93. The van der Waals surface area contributed by atoms with E-state index >= 15 is 0 Å². The summed E-state index contributed by atoms with van der Waals surface area (Å²) < 4.78 is 0.